The van der Waals surface area contributed by atoms with Gasteiger partial charge in [-0.05, 0) is 24.4 Å². The fourth-order valence-electron chi connectivity index (χ4n) is 2.56. The number of benzene rings is 1. The maximum Gasteiger partial charge on any atom is 0.289 e. The van der Waals surface area contributed by atoms with Gasteiger partial charge in [0.05, 0.1) is 10.5 Å². The number of nitrogens with zero attached hydrogens (tertiary/aromatic N) is 3. The molecule has 22 heavy (non-hydrogen) atoms. The van der Waals surface area contributed by atoms with Crippen LogP contribution in [0.25, 0.3) is 11.0 Å². The first-order valence-corrected chi connectivity index (χ1v) is 7.26. The zero-order valence-corrected chi connectivity index (χ0v) is 12.7. The van der Waals surface area contributed by atoms with Crippen molar-refractivity contribution in [2.45, 2.75) is 6.42 Å². The van der Waals surface area contributed by atoms with Crippen molar-refractivity contribution in [3.8, 4) is 0 Å². The molecule has 0 saturated carbocycles. The van der Waals surface area contributed by atoms with Crippen LogP contribution in [0.3, 0.4) is 0 Å². The third-order valence-corrected chi connectivity index (χ3v) is 4.05. The Bertz CT molecular complexity index is 806. The Morgan fingerprint density at radius 3 is 3.00 bits per heavy atom. The maximum absolute atomic E-state index is 12.6. The first-order valence-electron chi connectivity index (χ1n) is 6.88. The van der Waals surface area contributed by atoms with Gasteiger partial charge in [-0.15, -0.1) is 0 Å². The zero-order valence-electron chi connectivity index (χ0n) is 12.0. The summed E-state index contributed by atoms with van der Waals surface area (Å²) in [6, 6.07) is 5.41. The van der Waals surface area contributed by atoms with E-state index in [1.165, 1.54) is 0 Å². The number of carbonyl (C=O) groups is 1. The lowest BCUT2D eigenvalue weighted by atomic mass is 10.1. The van der Waals surface area contributed by atoms with Crippen molar-refractivity contribution in [2.75, 3.05) is 13.1 Å². The molecule has 1 aromatic heterocycles. The Morgan fingerprint density at radius 1 is 1.50 bits per heavy atom. The lowest BCUT2D eigenvalue weighted by Crippen LogP contribution is -2.37. The largest absolute Gasteiger partial charge is 0.334 e. The van der Waals surface area contributed by atoms with Crippen LogP contribution in [0.1, 0.15) is 17.0 Å². The molecule has 0 fully saturated rings. The van der Waals surface area contributed by atoms with E-state index in [1.807, 2.05) is 12.1 Å². The van der Waals surface area contributed by atoms with E-state index in [4.69, 9.17) is 11.6 Å². The number of hydrogen-bond acceptors (Lipinski definition) is 3. The van der Waals surface area contributed by atoms with E-state index in [-0.39, 0.29) is 5.91 Å². The molecule has 0 spiro atoms. The molecule has 1 aromatic carbocycles. The average Bonchev–Trinajstić information content (AvgIpc) is 2.99. The van der Waals surface area contributed by atoms with Gasteiger partial charge in [0.1, 0.15) is 5.52 Å². The molecule has 1 N–H and O–H groups in total. The van der Waals surface area contributed by atoms with Crippen LogP contribution in [0.4, 0.5) is 0 Å². The molecular formula is C16H15ClN4O. The van der Waals surface area contributed by atoms with Gasteiger partial charge in [0, 0.05) is 25.2 Å². The fourth-order valence-corrected chi connectivity index (χ4v) is 2.78. The van der Waals surface area contributed by atoms with Crippen LogP contribution in [0.15, 0.2) is 47.1 Å². The van der Waals surface area contributed by atoms with Crippen molar-refractivity contribution in [3.63, 3.8) is 0 Å². The number of amides is 1. The molecule has 112 valence electrons. The van der Waals surface area contributed by atoms with E-state index < -0.39 is 0 Å². The number of aromatic amines is 1. The molecule has 1 aliphatic heterocycles. The van der Waals surface area contributed by atoms with Crippen molar-refractivity contribution in [2.24, 2.45) is 4.99 Å². The average molecular weight is 315 g/mol. The van der Waals surface area contributed by atoms with Gasteiger partial charge in [0.25, 0.3) is 5.91 Å². The van der Waals surface area contributed by atoms with Crippen molar-refractivity contribution >= 4 is 35.3 Å². The van der Waals surface area contributed by atoms with Gasteiger partial charge in [0.15, 0.2) is 5.82 Å². The molecule has 3 rings (SSSR count). The fraction of sp³-hybridized carbons (Fsp3) is 0.188. The highest BCUT2D eigenvalue weighted by atomic mass is 35.5. The number of aromatic nitrogens is 2. The van der Waals surface area contributed by atoms with Crippen molar-refractivity contribution in [3.05, 3.63) is 53.0 Å². The quantitative estimate of drug-likeness (QED) is 0.884. The number of halogens is 1. The molecule has 0 bridgehead atoms. The van der Waals surface area contributed by atoms with Gasteiger partial charge in [-0.2, -0.15) is 0 Å². The van der Waals surface area contributed by atoms with Crippen LogP contribution in [0.5, 0.6) is 0 Å². The minimum Gasteiger partial charge on any atom is -0.334 e. The van der Waals surface area contributed by atoms with Gasteiger partial charge in [0.2, 0.25) is 0 Å². The van der Waals surface area contributed by atoms with E-state index in [0.29, 0.717) is 35.9 Å². The van der Waals surface area contributed by atoms with Gasteiger partial charge < -0.3 is 9.88 Å². The molecular weight excluding hydrogens is 300 g/mol. The number of imidazole rings is 1. The molecule has 1 amide bonds. The number of nitrogens with one attached hydrogen (secondary N) is 1. The maximum atomic E-state index is 12.6. The summed E-state index contributed by atoms with van der Waals surface area (Å²) in [5.41, 5.74) is 3.17. The summed E-state index contributed by atoms with van der Waals surface area (Å²) in [7, 11) is 0. The Kier molecular flexibility index (Phi) is 3.81. The molecule has 0 atom stereocenters. The normalized spacial score (nSPS) is 15.2. The molecule has 6 heteroatoms. The number of H-pyrrole nitrogens is 1. The Balaban J connectivity index is 1.90. The molecule has 5 nitrogen and oxygen atoms in total. The topological polar surface area (TPSA) is 61.4 Å². The second-order valence-corrected chi connectivity index (χ2v) is 5.44. The summed E-state index contributed by atoms with van der Waals surface area (Å²) in [6.45, 7) is 8.37. The van der Waals surface area contributed by atoms with E-state index in [2.05, 4.69) is 28.3 Å². The Morgan fingerprint density at radius 2 is 2.32 bits per heavy atom. The van der Waals surface area contributed by atoms with E-state index >= 15 is 0 Å². The molecule has 2 aromatic rings. The predicted molar refractivity (Wildman–Crippen MR) is 88.4 cm³/mol. The minimum atomic E-state index is -0.158. The first kappa shape index (κ1) is 14.5. The van der Waals surface area contributed by atoms with Crippen LogP contribution >= 0.6 is 11.6 Å². The second kappa shape index (κ2) is 5.77. The number of carbonyl (C=O) groups excluding carboxylic acids is 1. The first-order chi connectivity index (χ1) is 10.6. The van der Waals surface area contributed by atoms with Gasteiger partial charge in [-0.3, -0.25) is 9.79 Å². The predicted octanol–water partition coefficient (Wildman–Crippen LogP) is 3.20. The highest BCUT2D eigenvalue weighted by Crippen LogP contribution is 2.23. The van der Waals surface area contributed by atoms with Gasteiger partial charge >= 0.3 is 0 Å². The number of aliphatic imine (C=N–C) groups is 1. The number of fused-ring (bicyclic) bond motifs is 1. The summed E-state index contributed by atoms with van der Waals surface area (Å²) in [6.07, 6.45) is 2.39. The van der Waals surface area contributed by atoms with Crippen LogP contribution in [-0.2, 0) is 0 Å². The van der Waals surface area contributed by atoms with Crippen molar-refractivity contribution in [1.29, 1.82) is 0 Å². The SMILES string of the molecule is C=CC1=C(N=C)CCN(C(=O)c2nc3c(Cl)cccc3[nH]2)C1. The highest BCUT2D eigenvalue weighted by Gasteiger charge is 2.24. The molecule has 0 aliphatic carbocycles. The summed E-state index contributed by atoms with van der Waals surface area (Å²) < 4.78 is 0. The molecule has 0 radical (unpaired) electrons. The number of rotatable bonds is 3. The summed E-state index contributed by atoms with van der Waals surface area (Å²) >= 11 is 6.10. The molecule has 1 aliphatic rings. The number of para-hydroxylation sites is 1. The second-order valence-electron chi connectivity index (χ2n) is 5.03. The molecule has 0 unspecified atom stereocenters. The Hall–Kier alpha value is -2.40. The summed E-state index contributed by atoms with van der Waals surface area (Å²) in [5, 5.41) is 0.524. The molecule has 0 saturated heterocycles. The van der Waals surface area contributed by atoms with Crippen LogP contribution in [0.2, 0.25) is 5.02 Å². The number of hydrogen-bond donors (Lipinski definition) is 1. The van der Waals surface area contributed by atoms with Crippen LogP contribution < -0.4 is 0 Å². The standard InChI is InChI=1S/C16H15ClN4O/c1-3-10-9-21(8-7-12(10)18-2)16(22)15-19-13-6-4-5-11(17)14(13)20-15/h3-6H,1-2,7-9H2,(H,19,20). The smallest absolute Gasteiger partial charge is 0.289 e. The third-order valence-electron chi connectivity index (χ3n) is 3.74. The van der Waals surface area contributed by atoms with E-state index in [1.54, 1.807) is 17.0 Å². The van der Waals surface area contributed by atoms with Gasteiger partial charge in [-0.1, -0.05) is 30.3 Å². The summed E-state index contributed by atoms with van der Waals surface area (Å²) in [4.78, 5) is 25.7. The Labute approximate surface area is 133 Å². The molecule has 2 heterocycles. The highest BCUT2D eigenvalue weighted by molar-refractivity contribution is 6.35. The lowest BCUT2D eigenvalue weighted by Gasteiger charge is -2.27. The van der Waals surface area contributed by atoms with Crippen LogP contribution in [0, 0.1) is 0 Å². The lowest BCUT2D eigenvalue weighted by molar-refractivity contribution is 0.0754. The summed E-state index contributed by atoms with van der Waals surface area (Å²) in [5.74, 6) is 0.135. The van der Waals surface area contributed by atoms with Crippen LogP contribution in [-0.4, -0.2) is 40.6 Å². The van der Waals surface area contributed by atoms with Gasteiger partial charge in [-0.25, -0.2) is 4.98 Å². The van der Waals surface area contributed by atoms with Crippen molar-refractivity contribution in [1.82, 2.24) is 14.9 Å². The minimum absolute atomic E-state index is 0.158. The van der Waals surface area contributed by atoms with E-state index in [0.717, 1.165) is 16.8 Å². The monoisotopic (exact) mass is 314 g/mol. The van der Waals surface area contributed by atoms with Crippen molar-refractivity contribution < 1.29 is 4.79 Å². The van der Waals surface area contributed by atoms with E-state index in [9.17, 15) is 4.79 Å². The zero-order chi connectivity index (χ0) is 15.7. The third kappa shape index (κ3) is 2.44.